The zero-order valence-electron chi connectivity index (χ0n) is 13.2. The third-order valence-electron chi connectivity index (χ3n) is 3.56. The number of carbonyl (C=O) groups excluding carboxylic acids is 2. The van der Waals surface area contributed by atoms with E-state index in [0.29, 0.717) is 23.7 Å². The van der Waals surface area contributed by atoms with Crippen molar-refractivity contribution in [1.29, 1.82) is 0 Å². The Balaban J connectivity index is 1.62. The Kier molecular flexibility index (Phi) is 4.60. The molecule has 0 radical (unpaired) electrons. The molecule has 24 heavy (non-hydrogen) atoms. The number of pyridine rings is 1. The van der Waals surface area contributed by atoms with Crippen LogP contribution in [-0.4, -0.2) is 35.0 Å². The number of rotatable bonds is 5. The molecule has 1 N–H and O–H groups in total. The molecule has 0 saturated carbocycles. The van der Waals surface area contributed by atoms with Gasteiger partial charge in [0, 0.05) is 37.6 Å². The Morgan fingerprint density at radius 3 is 2.67 bits per heavy atom. The number of benzene rings is 1. The molecule has 2 aromatic rings. The SMILES string of the molecule is CC(=O)N(CC(=O)Nc1ccc2c(c1)OCO2)Cc1ccncc1. The predicted molar refractivity (Wildman–Crippen MR) is 86.5 cm³/mol. The highest BCUT2D eigenvalue weighted by molar-refractivity contribution is 5.94. The van der Waals surface area contributed by atoms with Gasteiger partial charge in [0.15, 0.2) is 11.5 Å². The molecule has 0 saturated heterocycles. The van der Waals surface area contributed by atoms with E-state index in [0.717, 1.165) is 5.56 Å². The van der Waals surface area contributed by atoms with Crippen LogP contribution in [0.4, 0.5) is 5.69 Å². The van der Waals surface area contributed by atoms with Crippen molar-refractivity contribution in [3.63, 3.8) is 0 Å². The zero-order valence-corrected chi connectivity index (χ0v) is 13.2. The van der Waals surface area contributed by atoms with Gasteiger partial charge < -0.3 is 19.7 Å². The summed E-state index contributed by atoms with van der Waals surface area (Å²) in [5, 5.41) is 2.76. The van der Waals surface area contributed by atoms with Gasteiger partial charge in [0.05, 0.1) is 0 Å². The number of anilines is 1. The maximum Gasteiger partial charge on any atom is 0.244 e. The molecule has 7 heteroatoms. The van der Waals surface area contributed by atoms with Gasteiger partial charge in [-0.2, -0.15) is 0 Å². The summed E-state index contributed by atoms with van der Waals surface area (Å²) in [5.41, 5.74) is 1.51. The van der Waals surface area contributed by atoms with Crippen molar-refractivity contribution in [2.45, 2.75) is 13.5 Å². The number of ether oxygens (including phenoxy) is 2. The summed E-state index contributed by atoms with van der Waals surface area (Å²) in [7, 11) is 0. The molecular formula is C17H17N3O4. The predicted octanol–water partition coefficient (Wildman–Crippen LogP) is 1.80. The molecule has 1 aromatic heterocycles. The van der Waals surface area contributed by atoms with E-state index in [2.05, 4.69) is 10.3 Å². The van der Waals surface area contributed by atoms with Crippen molar-refractivity contribution in [3.05, 3.63) is 48.3 Å². The second-order valence-electron chi connectivity index (χ2n) is 5.35. The maximum atomic E-state index is 12.2. The van der Waals surface area contributed by atoms with Gasteiger partial charge in [-0.1, -0.05) is 0 Å². The van der Waals surface area contributed by atoms with Gasteiger partial charge in [0.2, 0.25) is 18.6 Å². The summed E-state index contributed by atoms with van der Waals surface area (Å²) in [5.74, 6) is 0.787. The molecular weight excluding hydrogens is 310 g/mol. The quantitative estimate of drug-likeness (QED) is 0.905. The summed E-state index contributed by atoms with van der Waals surface area (Å²) in [4.78, 5) is 29.4. The van der Waals surface area contributed by atoms with Gasteiger partial charge in [-0.05, 0) is 29.8 Å². The number of nitrogens with zero attached hydrogens (tertiary/aromatic N) is 2. The topological polar surface area (TPSA) is 80.8 Å². The van der Waals surface area contributed by atoms with Gasteiger partial charge in [0.25, 0.3) is 0 Å². The van der Waals surface area contributed by atoms with Gasteiger partial charge >= 0.3 is 0 Å². The second-order valence-corrected chi connectivity index (χ2v) is 5.35. The van der Waals surface area contributed by atoms with E-state index in [9.17, 15) is 9.59 Å². The van der Waals surface area contributed by atoms with Crippen LogP contribution in [-0.2, 0) is 16.1 Å². The van der Waals surface area contributed by atoms with Crippen LogP contribution in [0.3, 0.4) is 0 Å². The van der Waals surface area contributed by atoms with Gasteiger partial charge in [-0.3, -0.25) is 14.6 Å². The van der Waals surface area contributed by atoms with E-state index in [-0.39, 0.29) is 25.2 Å². The van der Waals surface area contributed by atoms with Crippen molar-refractivity contribution < 1.29 is 19.1 Å². The minimum Gasteiger partial charge on any atom is -0.454 e. The van der Waals surface area contributed by atoms with Gasteiger partial charge in [-0.25, -0.2) is 0 Å². The highest BCUT2D eigenvalue weighted by Crippen LogP contribution is 2.34. The van der Waals surface area contributed by atoms with Crippen LogP contribution < -0.4 is 14.8 Å². The molecule has 0 fully saturated rings. The normalized spacial score (nSPS) is 11.9. The first-order chi connectivity index (χ1) is 11.6. The molecule has 0 unspecified atom stereocenters. The fourth-order valence-corrected chi connectivity index (χ4v) is 2.34. The number of fused-ring (bicyclic) bond motifs is 1. The van der Waals surface area contributed by atoms with Crippen LogP contribution in [0.15, 0.2) is 42.7 Å². The Hall–Kier alpha value is -3.09. The number of carbonyl (C=O) groups is 2. The molecule has 0 atom stereocenters. The third kappa shape index (κ3) is 3.81. The molecule has 1 aromatic carbocycles. The zero-order chi connectivity index (χ0) is 16.9. The maximum absolute atomic E-state index is 12.2. The Labute approximate surface area is 139 Å². The minimum atomic E-state index is -0.280. The Morgan fingerprint density at radius 2 is 1.92 bits per heavy atom. The lowest BCUT2D eigenvalue weighted by Gasteiger charge is -2.20. The molecule has 0 aliphatic carbocycles. The smallest absolute Gasteiger partial charge is 0.244 e. The average molecular weight is 327 g/mol. The highest BCUT2D eigenvalue weighted by atomic mass is 16.7. The lowest BCUT2D eigenvalue weighted by Crippen LogP contribution is -2.36. The third-order valence-corrected chi connectivity index (χ3v) is 3.56. The first-order valence-corrected chi connectivity index (χ1v) is 7.46. The first-order valence-electron chi connectivity index (χ1n) is 7.46. The van der Waals surface area contributed by atoms with Crippen LogP contribution in [0.5, 0.6) is 11.5 Å². The van der Waals surface area contributed by atoms with E-state index in [1.54, 1.807) is 30.6 Å². The summed E-state index contributed by atoms with van der Waals surface area (Å²) in [6, 6.07) is 8.78. The standard InChI is InChI=1S/C17H17N3O4/c1-12(21)20(9-13-4-6-18-7-5-13)10-17(22)19-14-2-3-15-16(8-14)24-11-23-15/h2-8H,9-11H2,1H3,(H,19,22). The number of nitrogens with one attached hydrogen (secondary N) is 1. The molecule has 2 heterocycles. The largest absolute Gasteiger partial charge is 0.454 e. The van der Waals surface area contributed by atoms with Crippen LogP contribution >= 0.6 is 0 Å². The summed E-state index contributed by atoms with van der Waals surface area (Å²) < 4.78 is 10.5. The number of aromatic nitrogens is 1. The van der Waals surface area contributed by atoms with Crippen LogP contribution in [0.1, 0.15) is 12.5 Å². The molecule has 0 bridgehead atoms. The average Bonchev–Trinajstić information content (AvgIpc) is 3.02. The van der Waals surface area contributed by atoms with E-state index in [4.69, 9.17) is 9.47 Å². The van der Waals surface area contributed by atoms with E-state index >= 15 is 0 Å². The molecule has 2 amide bonds. The van der Waals surface area contributed by atoms with Crippen LogP contribution in [0.25, 0.3) is 0 Å². The van der Waals surface area contributed by atoms with Crippen molar-refractivity contribution in [2.24, 2.45) is 0 Å². The lowest BCUT2D eigenvalue weighted by atomic mass is 10.2. The first kappa shape index (κ1) is 15.8. The molecule has 1 aliphatic rings. The van der Waals surface area contributed by atoms with Crippen molar-refractivity contribution in [2.75, 3.05) is 18.7 Å². The van der Waals surface area contributed by atoms with Gasteiger partial charge in [0.1, 0.15) is 6.54 Å². The second kappa shape index (κ2) is 6.99. The summed E-state index contributed by atoms with van der Waals surface area (Å²) in [6.45, 7) is 1.93. The molecule has 7 nitrogen and oxygen atoms in total. The minimum absolute atomic E-state index is 0.0356. The van der Waals surface area contributed by atoms with E-state index in [1.165, 1.54) is 11.8 Å². The molecule has 0 spiro atoms. The van der Waals surface area contributed by atoms with Crippen molar-refractivity contribution in [3.8, 4) is 11.5 Å². The summed E-state index contributed by atoms with van der Waals surface area (Å²) >= 11 is 0. The monoisotopic (exact) mass is 327 g/mol. The molecule has 3 rings (SSSR count). The number of hydrogen-bond acceptors (Lipinski definition) is 5. The van der Waals surface area contributed by atoms with E-state index in [1.807, 2.05) is 12.1 Å². The molecule has 124 valence electrons. The summed E-state index contributed by atoms with van der Waals surface area (Å²) in [6.07, 6.45) is 3.31. The van der Waals surface area contributed by atoms with Crippen LogP contribution in [0, 0.1) is 0 Å². The van der Waals surface area contributed by atoms with E-state index < -0.39 is 0 Å². The fourth-order valence-electron chi connectivity index (χ4n) is 2.34. The highest BCUT2D eigenvalue weighted by Gasteiger charge is 2.17. The van der Waals surface area contributed by atoms with Gasteiger partial charge in [-0.15, -0.1) is 0 Å². The lowest BCUT2D eigenvalue weighted by molar-refractivity contribution is -0.133. The van der Waals surface area contributed by atoms with Crippen LogP contribution in [0.2, 0.25) is 0 Å². The number of amides is 2. The Bertz CT molecular complexity index is 749. The van der Waals surface area contributed by atoms with Crippen molar-refractivity contribution in [1.82, 2.24) is 9.88 Å². The Morgan fingerprint density at radius 1 is 1.17 bits per heavy atom. The number of hydrogen-bond donors (Lipinski definition) is 1. The fraction of sp³-hybridized carbons (Fsp3) is 0.235. The van der Waals surface area contributed by atoms with Crippen molar-refractivity contribution >= 4 is 17.5 Å². The molecule has 1 aliphatic heterocycles.